The van der Waals surface area contributed by atoms with E-state index in [0.29, 0.717) is 18.0 Å². The van der Waals surface area contributed by atoms with E-state index in [0.717, 1.165) is 0 Å². The van der Waals surface area contributed by atoms with Gasteiger partial charge >= 0.3 is 0 Å². The molecule has 5 nitrogen and oxygen atoms in total. The van der Waals surface area contributed by atoms with Crippen molar-refractivity contribution in [3.63, 3.8) is 0 Å². The second kappa shape index (κ2) is 4.93. The molecule has 0 radical (unpaired) electrons. The SMILES string of the molecule is CNCC(C)C(=O)c1c(OC)cnn1C. The van der Waals surface area contributed by atoms with Gasteiger partial charge in [0.15, 0.2) is 11.5 Å². The quantitative estimate of drug-likeness (QED) is 0.719. The number of carbonyl (C=O) groups is 1. The van der Waals surface area contributed by atoms with Crippen LogP contribution in [0.5, 0.6) is 5.75 Å². The molecule has 1 N–H and O–H groups in total. The van der Waals surface area contributed by atoms with Crippen molar-refractivity contribution in [3.8, 4) is 5.75 Å². The van der Waals surface area contributed by atoms with E-state index in [2.05, 4.69) is 10.4 Å². The molecule has 1 rings (SSSR count). The number of aryl methyl sites for hydroxylation is 1. The summed E-state index contributed by atoms with van der Waals surface area (Å²) >= 11 is 0. The lowest BCUT2D eigenvalue weighted by molar-refractivity contribution is 0.0917. The monoisotopic (exact) mass is 211 g/mol. The van der Waals surface area contributed by atoms with Crippen LogP contribution in [0.15, 0.2) is 6.20 Å². The van der Waals surface area contributed by atoms with Gasteiger partial charge in [0.05, 0.1) is 13.3 Å². The molecule has 0 spiro atoms. The highest BCUT2D eigenvalue weighted by Gasteiger charge is 2.22. The maximum Gasteiger partial charge on any atom is 0.188 e. The first-order valence-corrected chi connectivity index (χ1v) is 4.86. The second-order valence-corrected chi connectivity index (χ2v) is 3.51. The van der Waals surface area contributed by atoms with E-state index in [-0.39, 0.29) is 11.7 Å². The zero-order valence-corrected chi connectivity index (χ0v) is 9.57. The number of ketones is 1. The topological polar surface area (TPSA) is 56.1 Å². The Morgan fingerprint density at radius 2 is 2.40 bits per heavy atom. The Labute approximate surface area is 89.4 Å². The van der Waals surface area contributed by atoms with Gasteiger partial charge in [0.25, 0.3) is 0 Å². The van der Waals surface area contributed by atoms with Crippen molar-refractivity contribution in [2.24, 2.45) is 13.0 Å². The first kappa shape index (κ1) is 11.7. The Hall–Kier alpha value is -1.36. The summed E-state index contributed by atoms with van der Waals surface area (Å²) in [6.45, 7) is 2.53. The van der Waals surface area contributed by atoms with Gasteiger partial charge in [-0.1, -0.05) is 6.92 Å². The van der Waals surface area contributed by atoms with Crippen molar-refractivity contribution in [2.75, 3.05) is 20.7 Å². The van der Waals surface area contributed by atoms with E-state index < -0.39 is 0 Å². The van der Waals surface area contributed by atoms with Crippen LogP contribution in [-0.4, -0.2) is 36.3 Å². The molecule has 1 aromatic rings. The summed E-state index contributed by atoms with van der Waals surface area (Å²) in [6, 6.07) is 0. The highest BCUT2D eigenvalue weighted by atomic mass is 16.5. The summed E-state index contributed by atoms with van der Waals surface area (Å²) in [7, 11) is 5.10. The van der Waals surface area contributed by atoms with Crippen molar-refractivity contribution in [1.82, 2.24) is 15.1 Å². The minimum Gasteiger partial charge on any atom is -0.493 e. The molecule has 0 saturated carbocycles. The Kier molecular flexibility index (Phi) is 3.85. The van der Waals surface area contributed by atoms with Gasteiger partial charge in [-0.25, -0.2) is 0 Å². The lowest BCUT2D eigenvalue weighted by Crippen LogP contribution is -2.25. The zero-order chi connectivity index (χ0) is 11.4. The molecule has 0 aliphatic rings. The molecule has 1 aromatic heterocycles. The predicted molar refractivity (Wildman–Crippen MR) is 57.2 cm³/mol. The highest BCUT2D eigenvalue weighted by molar-refractivity contribution is 5.98. The third-order valence-electron chi connectivity index (χ3n) is 2.32. The molecule has 0 aromatic carbocycles. The number of ether oxygens (including phenoxy) is 1. The van der Waals surface area contributed by atoms with Gasteiger partial charge < -0.3 is 10.1 Å². The average molecular weight is 211 g/mol. The molecule has 0 aliphatic heterocycles. The van der Waals surface area contributed by atoms with Crippen LogP contribution in [0.25, 0.3) is 0 Å². The molecular formula is C10H17N3O2. The number of aromatic nitrogens is 2. The Morgan fingerprint density at radius 3 is 2.93 bits per heavy atom. The van der Waals surface area contributed by atoms with Crippen molar-refractivity contribution in [2.45, 2.75) is 6.92 Å². The third-order valence-corrected chi connectivity index (χ3v) is 2.32. The fourth-order valence-electron chi connectivity index (χ4n) is 1.48. The first-order valence-electron chi connectivity index (χ1n) is 4.86. The van der Waals surface area contributed by atoms with Crippen LogP contribution in [0.2, 0.25) is 0 Å². The number of hydrogen-bond acceptors (Lipinski definition) is 4. The van der Waals surface area contributed by atoms with Crippen LogP contribution in [0.1, 0.15) is 17.4 Å². The molecule has 0 amide bonds. The molecule has 0 saturated heterocycles. The highest BCUT2D eigenvalue weighted by Crippen LogP contribution is 2.19. The van der Waals surface area contributed by atoms with Crippen LogP contribution in [0, 0.1) is 5.92 Å². The Balaban J connectivity index is 2.94. The molecule has 1 unspecified atom stereocenters. The molecule has 1 atom stereocenters. The van der Waals surface area contributed by atoms with E-state index >= 15 is 0 Å². The minimum absolute atomic E-state index is 0.0428. The fraction of sp³-hybridized carbons (Fsp3) is 0.600. The van der Waals surface area contributed by atoms with Crippen LogP contribution in [-0.2, 0) is 7.05 Å². The normalized spacial score (nSPS) is 12.5. The number of Topliss-reactive ketones (excluding diaryl/α,β-unsaturated/α-hetero) is 1. The molecule has 0 bridgehead atoms. The van der Waals surface area contributed by atoms with Gasteiger partial charge in [-0.15, -0.1) is 0 Å². The number of methoxy groups -OCH3 is 1. The van der Waals surface area contributed by atoms with E-state index in [9.17, 15) is 4.79 Å². The number of rotatable bonds is 5. The van der Waals surface area contributed by atoms with E-state index in [1.54, 1.807) is 17.9 Å². The van der Waals surface area contributed by atoms with Crippen molar-refractivity contribution in [1.29, 1.82) is 0 Å². The van der Waals surface area contributed by atoms with Gasteiger partial charge in [0, 0.05) is 19.5 Å². The summed E-state index contributed by atoms with van der Waals surface area (Å²) in [5.74, 6) is 0.492. The van der Waals surface area contributed by atoms with Crippen LogP contribution in [0.4, 0.5) is 0 Å². The standard InChI is InChI=1S/C10H17N3O2/c1-7(5-11-2)10(14)9-8(15-4)6-12-13(9)3/h6-7,11H,5H2,1-4H3. The third kappa shape index (κ3) is 2.36. The largest absolute Gasteiger partial charge is 0.493 e. The molecule has 5 heteroatoms. The van der Waals surface area contributed by atoms with Crippen molar-refractivity contribution >= 4 is 5.78 Å². The van der Waals surface area contributed by atoms with Gasteiger partial charge in [-0.2, -0.15) is 5.10 Å². The molecule has 0 fully saturated rings. The van der Waals surface area contributed by atoms with Crippen LogP contribution in [0.3, 0.4) is 0 Å². The van der Waals surface area contributed by atoms with Crippen LogP contribution < -0.4 is 10.1 Å². The van der Waals surface area contributed by atoms with Gasteiger partial charge in [0.2, 0.25) is 0 Å². The summed E-state index contributed by atoms with van der Waals surface area (Å²) in [5.41, 5.74) is 0.528. The summed E-state index contributed by atoms with van der Waals surface area (Å²) in [4.78, 5) is 12.0. The number of carbonyl (C=O) groups excluding carboxylic acids is 1. The Morgan fingerprint density at radius 1 is 1.73 bits per heavy atom. The molecule has 1 heterocycles. The smallest absolute Gasteiger partial charge is 0.188 e. The van der Waals surface area contributed by atoms with Gasteiger partial charge in [0.1, 0.15) is 5.69 Å². The van der Waals surface area contributed by atoms with Gasteiger partial charge in [-0.05, 0) is 7.05 Å². The second-order valence-electron chi connectivity index (χ2n) is 3.51. The van der Waals surface area contributed by atoms with E-state index in [4.69, 9.17) is 4.74 Å². The predicted octanol–water partition coefficient (Wildman–Crippen LogP) is 0.467. The first-order chi connectivity index (χ1) is 7.11. The zero-order valence-electron chi connectivity index (χ0n) is 9.57. The molecule has 0 aliphatic carbocycles. The van der Waals surface area contributed by atoms with Crippen molar-refractivity contribution < 1.29 is 9.53 Å². The summed E-state index contributed by atoms with van der Waals surface area (Å²) in [6.07, 6.45) is 1.55. The average Bonchev–Trinajstić information content (AvgIpc) is 2.58. The maximum atomic E-state index is 12.0. The number of nitrogens with zero attached hydrogens (tertiary/aromatic N) is 2. The van der Waals surface area contributed by atoms with Crippen LogP contribution >= 0.6 is 0 Å². The number of hydrogen-bond donors (Lipinski definition) is 1. The minimum atomic E-state index is -0.0840. The van der Waals surface area contributed by atoms with E-state index in [1.807, 2.05) is 14.0 Å². The molecule has 84 valence electrons. The molecule has 15 heavy (non-hydrogen) atoms. The van der Waals surface area contributed by atoms with E-state index in [1.165, 1.54) is 7.11 Å². The lowest BCUT2D eigenvalue weighted by Gasteiger charge is -2.10. The summed E-state index contributed by atoms with van der Waals surface area (Å²) in [5, 5.41) is 6.98. The van der Waals surface area contributed by atoms with Crippen molar-refractivity contribution in [3.05, 3.63) is 11.9 Å². The molecular weight excluding hydrogens is 194 g/mol. The van der Waals surface area contributed by atoms with Gasteiger partial charge in [-0.3, -0.25) is 9.48 Å². The lowest BCUT2D eigenvalue weighted by atomic mass is 10.0. The maximum absolute atomic E-state index is 12.0. The fourth-order valence-corrected chi connectivity index (χ4v) is 1.48. The summed E-state index contributed by atoms with van der Waals surface area (Å²) < 4.78 is 6.64. The number of nitrogens with one attached hydrogen (secondary N) is 1. The Bertz CT molecular complexity index is 346.